The van der Waals surface area contributed by atoms with Crippen LogP contribution in [-0.2, 0) is 24.2 Å². The molecule has 1 atom stereocenters. The smallest absolute Gasteiger partial charge is 0.239 e. The Morgan fingerprint density at radius 1 is 1.09 bits per heavy atom. The van der Waals surface area contributed by atoms with E-state index in [1.54, 1.807) is 0 Å². The fraction of sp³-hybridized carbons (Fsp3) is 0.316. The lowest BCUT2D eigenvalue weighted by molar-refractivity contribution is -0.132. The first-order valence-electron chi connectivity index (χ1n) is 7.83. The van der Waals surface area contributed by atoms with Crippen molar-refractivity contribution in [3.05, 3.63) is 71.3 Å². The Kier molecular flexibility index (Phi) is 6.20. The molecule has 0 spiro atoms. The average Bonchev–Trinajstić information content (AvgIpc) is 2.59. The summed E-state index contributed by atoms with van der Waals surface area (Å²) >= 11 is 0. The average molecular weight is 331 g/mol. The molecule has 0 bridgehead atoms. The quantitative estimate of drug-likeness (QED) is 0.935. The molecule has 0 radical (unpaired) electrons. The van der Waals surface area contributed by atoms with Crippen molar-refractivity contribution < 1.29 is 4.79 Å². The van der Waals surface area contributed by atoms with Gasteiger partial charge in [-0.15, -0.1) is 12.4 Å². The highest BCUT2D eigenvalue weighted by molar-refractivity contribution is 5.85. The second kappa shape index (κ2) is 8.14. The van der Waals surface area contributed by atoms with Crippen LogP contribution < -0.4 is 5.32 Å². The standard InChI is InChI=1S/C19H22N2O.ClH/c1-21(12-11-15-7-3-2-4-8-15)19(22)18-13-16-9-5-6-10-17(16)14-20-18;/h2-10,18,20H,11-14H2,1H3;1H. The van der Waals surface area contributed by atoms with Crippen molar-refractivity contribution in [3.8, 4) is 0 Å². The second-order valence-corrected chi connectivity index (χ2v) is 5.90. The van der Waals surface area contributed by atoms with Crippen LogP contribution in [0, 0.1) is 0 Å². The minimum atomic E-state index is -0.101. The van der Waals surface area contributed by atoms with Gasteiger partial charge in [-0.3, -0.25) is 4.79 Å². The molecule has 3 rings (SSSR count). The summed E-state index contributed by atoms with van der Waals surface area (Å²) in [5.41, 5.74) is 3.86. The maximum absolute atomic E-state index is 12.6. The Morgan fingerprint density at radius 3 is 2.48 bits per heavy atom. The van der Waals surface area contributed by atoms with Crippen molar-refractivity contribution in [2.75, 3.05) is 13.6 Å². The van der Waals surface area contributed by atoms with E-state index in [9.17, 15) is 4.79 Å². The molecule has 1 aliphatic heterocycles. The number of likely N-dealkylation sites (N-methyl/N-ethyl adjacent to an activating group) is 1. The number of hydrogen-bond acceptors (Lipinski definition) is 2. The number of halogens is 1. The van der Waals surface area contributed by atoms with Crippen molar-refractivity contribution >= 4 is 18.3 Å². The van der Waals surface area contributed by atoms with Gasteiger partial charge in [0.1, 0.15) is 0 Å². The number of nitrogens with zero attached hydrogens (tertiary/aromatic N) is 1. The molecule has 1 heterocycles. The minimum Gasteiger partial charge on any atom is -0.344 e. The largest absolute Gasteiger partial charge is 0.344 e. The molecule has 0 saturated carbocycles. The summed E-state index contributed by atoms with van der Waals surface area (Å²) in [6.45, 7) is 1.53. The Bertz CT molecular complexity index is 645. The third kappa shape index (κ3) is 4.34. The van der Waals surface area contributed by atoms with Crippen LogP contribution in [0.2, 0.25) is 0 Å². The number of benzene rings is 2. The number of carbonyl (C=O) groups excluding carboxylic acids is 1. The van der Waals surface area contributed by atoms with Crippen LogP contribution in [-0.4, -0.2) is 30.4 Å². The number of nitrogens with one attached hydrogen (secondary N) is 1. The number of fused-ring (bicyclic) bond motifs is 1. The van der Waals surface area contributed by atoms with E-state index in [-0.39, 0.29) is 24.4 Å². The summed E-state index contributed by atoms with van der Waals surface area (Å²) in [5, 5.41) is 3.36. The molecule has 1 amide bonds. The van der Waals surface area contributed by atoms with Crippen molar-refractivity contribution in [1.82, 2.24) is 10.2 Å². The zero-order valence-electron chi connectivity index (χ0n) is 13.4. The topological polar surface area (TPSA) is 32.3 Å². The lowest BCUT2D eigenvalue weighted by Crippen LogP contribution is -2.48. The van der Waals surface area contributed by atoms with Crippen LogP contribution in [0.3, 0.4) is 0 Å². The second-order valence-electron chi connectivity index (χ2n) is 5.90. The van der Waals surface area contributed by atoms with Crippen molar-refractivity contribution in [3.63, 3.8) is 0 Å². The highest BCUT2D eigenvalue weighted by Crippen LogP contribution is 2.17. The van der Waals surface area contributed by atoms with Crippen LogP contribution >= 0.6 is 12.4 Å². The monoisotopic (exact) mass is 330 g/mol. The first kappa shape index (κ1) is 17.5. The molecule has 1 unspecified atom stereocenters. The molecule has 0 saturated heterocycles. The van der Waals surface area contributed by atoms with E-state index in [2.05, 4.69) is 35.6 Å². The van der Waals surface area contributed by atoms with Gasteiger partial charge in [0.25, 0.3) is 0 Å². The summed E-state index contributed by atoms with van der Waals surface area (Å²) in [6, 6.07) is 18.5. The summed E-state index contributed by atoms with van der Waals surface area (Å²) in [7, 11) is 1.90. The first-order valence-corrected chi connectivity index (χ1v) is 7.83. The summed E-state index contributed by atoms with van der Waals surface area (Å²) < 4.78 is 0. The molecule has 0 aliphatic carbocycles. The predicted molar refractivity (Wildman–Crippen MR) is 95.8 cm³/mol. The van der Waals surface area contributed by atoms with E-state index in [4.69, 9.17) is 0 Å². The number of rotatable bonds is 4. The van der Waals surface area contributed by atoms with E-state index in [0.717, 1.165) is 25.9 Å². The van der Waals surface area contributed by atoms with Gasteiger partial charge in [-0.1, -0.05) is 54.6 Å². The molecule has 2 aromatic rings. The molecule has 0 fully saturated rings. The Hall–Kier alpha value is -1.84. The van der Waals surface area contributed by atoms with Gasteiger partial charge in [-0.25, -0.2) is 0 Å². The molecule has 23 heavy (non-hydrogen) atoms. The molecular formula is C19H23ClN2O. The number of carbonyl (C=O) groups is 1. The molecule has 122 valence electrons. The van der Waals surface area contributed by atoms with Gasteiger partial charge in [0.15, 0.2) is 0 Å². The Labute approximate surface area is 144 Å². The molecule has 0 aromatic heterocycles. The molecule has 1 aliphatic rings. The van der Waals surface area contributed by atoms with Crippen LogP contribution in [0.5, 0.6) is 0 Å². The van der Waals surface area contributed by atoms with E-state index < -0.39 is 0 Å². The fourth-order valence-corrected chi connectivity index (χ4v) is 2.95. The zero-order valence-corrected chi connectivity index (χ0v) is 14.2. The maximum Gasteiger partial charge on any atom is 0.239 e. The van der Waals surface area contributed by atoms with Crippen LogP contribution in [0.15, 0.2) is 54.6 Å². The van der Waals surface area contributed by atoms with Gasteiger partial charge >= 0.3 is 0 Å². The summed E-state index contributed by atoms with van der Waals surface area (Å²) in [5.74, 6) is 0.186. The van der Waals surface area contributed by atoms with Gasteiger partial charge in [-0.2, -0.15) is 0 Å². The first-order chi connectivity index (χ1) is 10.7. The third-order valence-corrected chi connectivity index (χ3v) is 4.33. The SMILES string of the molecule is CN(CCc1ccccc1)C(=O)C1Cc2ccccc2CN1.Cl. The van der Waals surface area contributed by atoms with Crippen LogP contribution in [0.4, 0.5) is 0 Å². The van der Waals surface area contributed by atoms with Gasteiger partial charge in [0.2, 0.25) is 5.91 Å². The molecule has 3 nitrogen and oxygen atoms in total. The summed E-state index contributed by atoms with van der Waals surface area (Å²) in [6.07, 6.45) is 1.68. The molecule has 1 N–H and O–H groups in total. The van der Waals surface area contributed by atoms with E-state index >= 15 is 0 Å². The highest BCUT2D eigenvalue weighted by Gasteiger charge is 2.26. The molecular weight excluding hydrogens is 308 g/mol. The maximum atomic E-state index is 12.6. The van der Waals surface area contributed by atoms with E-state index in [1.807, 2.05) is 36.2 Å². The van der Waals surface area contributed by atoms with Gasteiger partial charge < -0.3 is 10.2 Å². The van der Waals surface area contributed by atoms with Crippen molar-refractivity contribution in [2.24, 2.45) is 0 Å². The fourth-order valence-electron chi connectivity index (χ4n) is 2.95. The van der Waals surface area contributed by atoms with Crippen LogP contribution in [0.1, 0.15) is 16.7 Å². The Balaban J connectivity index is 0.00000192. The minimum absolute atomic E-state index is 0. The van der Waals surface area contributed by atoms with E-state index in [0.29, 0.717) is 0 Å². The third-order valence-electron chi connectivity index (χ3n) is 4.33. The summed E-state index contributed by atoms with van der Waals surface area (Å²) in [4.78, 5) is 14.4. The van der Waals surface area contributed by atoms with Crippen molar-refractivity contribution in [2.45, 2.75) is 25.4 Å². The molecule has 2 aromatic carbocycles. The number of amides is 1. The lowest BCUT2D eigenvalue weighted by Gasteiger charge is -2.29. The van der Waals surface area contributed by atoms with Gasteiger partial charge in [0, 0.05) is 20.1 Å². The normalized spacial score (nSPS) is 16.1. The molecule has 4 heteroatoms. The van der Waals surface area contributed by atoms with E-state index in [1.165, 1.54) is 16.7 Å². The highest BCUT2D eigenvalue weighted by atomic mass is 35.5. The Morgan fingerprint density at radius 2 is 1.74 bits per heavy atom. The lowest BCUT2D eigenvalue weighted by atomic mass is 9.95. The van der Waals surface area contributed by atoms with Crippen molar-refractivity contribution in [1.29, 1.82) is 0 Å². The number of hydrogen-bond donors (Lipinski definition) is 1. The van der Waals surface area contributed by atoms with Crippen LogP contribution in [0.25, 0.3) is 0 Å². The van der Waals surface area contributed by atoms with Gasteiger partial charge in [0.05, 0.1) is 6.04 Å². The predicted octanol–water partition coefficient (Wildman–Crippen LogP) is 2.82. The van der Waals surface area contributed by atoms with Gasteiger partial charge in [-0.05, 0) is 29.5 Å². The zero-order chi connectivity index (χ0) is 15.4.